The maximum Gasteiger partial charge on any atom is 0.254 e. The molecule has 2 aromatic carbocycles. The van der Waals surface area contributed by atoms with Gasteiger partial charge in [0.05, 0.1) is 13.7 Å². The molecule has 0 radical (unpaired) electrons. The summed E-state index contributed by atoms with van der Waals surface area (Å²) < 4.78 is 18.1. The minimum atomic E-state index is -0.355. The molecule has 0 spiro atoms. The molecule has 0 saturated carbocycles. The van der Waals surface area contributed by atoms with Crippen LogP contribution in [0.4, 0.5) is 4.39 Å². The van der Waals surface area contributed by atoms with Crippen LogP contribution in [0.15, 0.2) is 48.5 Å². The van der Waals surface area contributed by atoms with Crippen LogP contribution in [0.2, 0.25) is 0 Å². The van der Waals surface area contributed by atoms with Crippen LogP contribution in [0.25, 0.3) is 0 Å². The number of hydrogen-bond acceptors (Lipinski definition) is 4. The van der Waals surface area contributed by atoms with E-state index in [4.69, 9.17) is 4.74 Å². The van der Waals surface area contributed by atoms with Crippen LogP contribution < -0.4 is 4.74 Å². The van der Waals surface area contributed by atoms with Gasteiger partial charge in [-0.25, -0.2) is 4.39 Å². The number of benzene rings is 2. The fourth-order valence-corrected chi connectivity index (χ4v) is 2.98. The van der Waals surface area contributed by atoms with E-state index in [9.17, 15) is 14.0 Å². The highest BCUT2D eigenvalue weighted by molar-refractivity contribution is 5.97. The number of rotatable bonds is 5. The number of halogens is 1. The average molecular weight is 356 g/mol. The lowest BCUT2D eigenvalue weighted by atomic mass is 10.1. The first-order chi connectivity index (χ1) is 12.6. The van der Waals surface area contributed by atoms with E-state index >= 15 is 0 Å². The molecule has 1 heterocycles. The number of hydrogen-bond donors (Lipinski definition) is 0. The molecule has 136 valence electrons. The molecule has 1 aliphatic rings. The van der Waals surface area contributed by atoms with Crippen LogP contribution in [0.1, 0.15) is 20.7 Å². The Morgan fingerprint density at radius 1 is 1.00 bits per heavy atom. The zero-order valence-corrected chi connectivity index (χ0v) is 14.7. The number of Topliss-reactive ketones (excluding diaryl/α,β-unsaturated/α-hetero) is 1. The lowest BCUT2D eigenvalue weighted by Gasteiger charge is -2.34. The molecule has 0 aliphatic carbocycles. The fraction of sp³-hybridized carbons (Fsp3) is 0.300. The van der Waals surface area contributed by atoms with Gasteiger partial charge < -0.3 is 9.64 Å². The van der Waals surface area contributed by atoms with Crippen molar-refractivity contribution >= 4 is 11.7 Å². The molecule has 0 atom stereocenters. The Balaban J connectivity index is 1.54. The Labute approximate surface area is 152 Å². The molecule has 1 amide bonds. The summed E-state index contributed by atoms with van der Waals surface area (Å²) in [7, 11) is 1.57. The number of nitrogens with zero attached hydrogens (tertiary/aromatic N) is 2. The number of piperazine rings is 1. The third kappa shape index (κ3) is 4.26. The van der Waals surface area contributed by atoms with Crippen molar-refractivity contribution < 1.29 is 18.7 Å². The predicted octanol–water partition coefficient (Wildman–Crippen LogP) is 2.48. The summed E-state index contributed by atoms with van der Waals surface area (Å²) in [6.07, 6.45) is 0. The zero-order chi connectivity index (χ0) is 18.5. The molecular weight excluding hydrogens is 335 g/mol. The molecule has 2 aromatic rings. The summed E-state index contributed by atoms with van der Waals surface area (Å²) in [5, 5.41) is 0. The fourth-order valence-electron chi connectivity index (χ4n) is 2.98. The normalized spacial score (nSPS) is 14.9. The Morgan fingerprint density at radius 2 is 1.69 bits per heavy atom. The van der Waals surface area contributed by atoms with Crippen LogP contribution in [0, 0.1) is 5.82 Å². The summed E-state index contributed by atoms with van der Waals surface area (Å²) in [5.41, 5.74) is 1.10. The molecule has 5 nitrogen and oxygen atoms in total. The van der Waals surface area contributed by atoms with Crippen molar-refractivity contribution in [2.75, 3.05) is 39.8 Å². The minimum absolute atomic E-state index is 0.0339. The Morgan fingerprint density at radius 3 is 2.35 bits per heavy atom. The first-order valence-corrected chi connectivity index (χ1v) is 8.51. The number of carbonyl (C=O) groups is 2. The SMILES string of the molecule is COc1cccc(C(=O)N2CCN(CC(=O)c3ccc(F)cc3)CC2)c1. The van der Waals surface area contributed by atoms with E-state index in [-0.39, 0.29) is 24.1 Å². The molecule has 1 aliphatic heterocycles. The lowest BCUT2D eigenvalue weighted by molar-refractivity contribution is 0.0624. The summed E-state index contributed by atoms with van der Waals surface area (Å²) in [6, 6.07) is 12.7. The van der Waals surface area contributed by atoms with Crippen LogP contribution >= 0.6 is 0 Å². The van der Waals surface area contributed by atoms with Gasteiger partial charge in [-0.15, -0.1) is 0 Å². The van der Waals surface area contributed by atoms with Gasteiger partial charge in [-0.3, -0.25) is 14.5 Å². The number of ether oxygens (including phenoxy) is 1. The largest absolute Gasteiger partial charge is 0.497 e. The lowest BCUT2D eigenvalue weighted by Crippen LogP contribution is -2.49. The van der Waals surface area contributed by atoms with Gasteiger partial charge in [-0.05, 0) is 42.5 Å². The molecule has 0 aromatic heterocycles. The first-order valence-electron chi connectivity index (χ1n) is 8.51. The second kappa shape index (κ2) is 8.10. The van der Waals surface area contributed by atoms with Gasteiger partial charge in [0.2, 0.25) is 0 Å². The van der Waals surface area contributed by atoms with Crippen molar-refractivity contribution in [3.8, 4) is 5.75 Å². The van der Waals surface area contributed by atoms with Crippen molar-refractivity contribution in [3.05, 3.63) is 65.5 Å². The van der Waals surface area contributed by atoms with Crippen LogP contribution in [0.3, 0.4) is 0 Å². The van der Waals surface area contributed by atoms with Gasteiger partial charge in [-0.2, -0.15) is 0 Å². The third-order valence-corrected chi connectivity index (χ3v) is 4.51. The summed E-state index contributed by atoms with van der Waals surface area (Å²) in [5.74, 6) is 0.219. The zero-order valence-electron chi connectivity index (χ0n) is 14.7. The molecule has 0 N–H and O–H groups in total. The Bertz CT molecular complexity index is 784. The second-order valence-corrected chi connectivity index (χ2v) is 6.23. The van der Waals surface area contributed by atoms with E-state index in [1.54, 1.807) is 36.3 Å². The quantitative estimate of drug-likeness (QED) is 0.773. The van der Waals surface area contributed by atoms with Gasteiger partial charge in [0, 0.05) is 37.3 Å². The van der Waals surface area contributed by atoms with Crippen molar-refractivity contribution in [3.63, 3.8) is 0 Å². The number of ketones is 1. The molecular formula is C20H21FN2O3. The highest BCUT2D eigenvalue weighted by Crippen LogP contribution is 2.16. The molecule has 3 rings (SSSR count). The molecule has 0 bridgehead atoms. The summed E-state index contributed by atoms with van der Waals surface area (Å²) >= 11 is 0. The molecule has 26 heavy (non-hydrogen) atoms. The highest BCUT2D eigenvalue weighted by atomic mass is 19.1. The Kier molecular flexibility index (Phi) is 5.63. The Hall–Kier alpha value is -2.73. The smallest absolute Gasteiger partial charge is 0.254 e. The van der Waals surface area contributed by atoms with E-state index in [0.29, 0.717) is 43.1 Å². The molecule has 0 unspecified atom stereocenters. The van der Waals surface area contributed by atoms with E-state index in [1.165, 1.54) is 24.3 Å². The number of methoxy groups -OCH3 is 1. The molecule has 1 fully saturated rings. The van der Waals surface area contributed by atoms with Crippen molar-refractivity contribution in [2.24, 2.45) is 0 Å². The minimum Gasteiger partial charge on any atom is -0.497 e. The first kappa shape index (κ1) is 18.1. The topological polar surface area (TPSA) is 49.9 Å². The standard InChI is InChI=1S/C20H21FN2O3/c1-26-18-4-2-3-16(13-18)20(25)23-11-9-22(10-12-23)14-19(24)15-5-7-17(21)8-6-15/h2-8,13H,9-12,14H2,1H3. The molecule has 6 heteroatoms. The van der Waals surface area contributed by atoms with E-state index in [1.807, 2.05) is 4.90 Å². The van der Waals surface area contributed by atoms with Gasteiger partial charge >= 0.3 is 0 Å². The van der Waals surface area contributed by atoms with E-state index in [2.05, 4.69) is 0 Å². The average Bonchev–Trinajstić information content (AvgIpc) is 2.68. The van der Waals surface area contributed by atoms with Crippen LogP contribution in [0.5, 0.6) is 5.75 Å². The van der Waals surface area contributed by atoms with E-state index < -0.39 is 0 Å². The van der Waals surface area contributed by atoms with Crippen molar-refractivity contribution in [2.45, 2.75) is 0 Å². The maximum atomic E-state index is 12.9. The van der Waals surface area contributed by atoms with Gasteiger partial charge in [0.15, 0.2) is 5.78 Å². The molecule has 1 saturated heterocycles. The van der Waals surface area contributed by atoms with E-state index in [0.717, 1.165) is 0 Å². The summed E-state index contributed by atoms with van der Waals surface area (Å²) in [6.45, 7) is 2.65. The van der Waals surface area contributed by atoms with Gasteiger partial charge in [-0.1, -0.05) is 6.07 Å². The predicted molar refractivity (Wildman–Crippen MR) is 96.1 cm³/mol. The van der Waals surface area contributed by atoms with Crippen LogP contribution in [-0.2, 0) is 0 Å². The van der Waals surface area contributed by atoms with Crippen molar-refractivity contribution in [1.82, 2.24) is 9.80 Å². The second-order valence-electron chi connectivity index (χ2n) is 6.23. The van der Waals surface area contributed by atoms with Gasteiger partial charge in [0.25, 0.3) is 5.91 Å². The van der Waals surface area contributed by atoms with Crippen LogP contribution in [-0.4, -0.2) is 61.3 Å². The highest BCUT2D eigenvalue weighted by Gasteiger charge is 2.23. The van der Waals surface area contributed by atoms with Crippen molar-refractivity contribution in [1.29, 1.82) is 0 Å². The summed E-state index contributed by atoms with van der Waals surface area (Å²) in [4.78, 5) is 28.7. The third-order valence-electron chi connectivity index (χ3n) is 4.51. The number of amides is 1. The van der Waals surface area contributed by atoms with Gasteiger partial charge in [0.1, 0.15) is 11.6 Å². The maximum absolute atomic E-state index is 12.9. The number of carbonyl (C=O) groups excluding carboxylic acids is 2. The monoisotopic (exact) mass is 356 g/mol.